The molecule has 1 heterocycles. The number of benzene rings is 1. The van der Waals surface area contributed by atoms with Crippen LogP contribution in [0.2, 0.25) is 0 Å². The molecule has 1 aliphatic heterocycles. The van der Waals surface area contributed by atoms with Crippen LogP contribution in [0.5, 0.6) is 0 Å². The first-order valence-corrected chi connectivity index (χ1v) is 6.21. The van der Waals surface area contributed by atoms with Crippen molar-refractivity contribution in [1.29, 1.82) is 0 Å². The lowest BCUT2D eigenvalue weighted by molar-refractivity contribution is -0.384. The Balaban J connectivity index is 1.81. The van der Waals surface area contributed by atoms with E-state index in [9.17, 15) is 10.1 Å². The summed E-state index contributed by atoms with van der Waals surface area (Å²) in [4.78, 5) is 10.1. The standard InChI is InChI=1S/C13H18N2O4/c1-13(2)18-8-11(9-19-13)14-7-10-3-5-12(6-4-10)15(16)17/h3-6,11,14H,7-9H2,1-2H3. The number of nitro groups is 1. The number of hydrogen-bond acceptors (Lipinski definition) is 5. The first-order valence-electron chi connectivity index (χ1n) is 6.21. The van der Waals surface area contributed by atoms with E-state index in [1.54, 1.807) is 12.1 Å². The van der Waals surface area contributed by atoms with Gasteiger partial charge in [-0.05, 0) is 19.4 Å². The van der Waals surface area contributed by atoms with Gasteiger partial charge in [0.1, 0.15) is 0 Å². The molecule has 0 radical (unpaired) electrons. The minimum absolute atomic E-state index is 0.106. The maximum Gasteiger partial charge on any atom is 0.269 e. The van der Waals surface area contributed by atoms with Crippen molar-refractivity contribution in [2.75, 3.05) is 13.2 Å². The largest absolute Gasteiger partial charge is 0.349 e. The average molecular weight is 266 g/mol. The molecule has 2 rings (SSSR count). The van der Waals surface area contributed by atoms with Crippen LogP contribution in [0.1, 0.15) is 19.4 Å². The zero-order valence-electron chi connectivity index (χ0n) is 11.1. The molecule has 104 valence electrons. The highest BCUT2D eigenvalue weighted by Crippen LogP contribution is 2.17. The summed E-state index contributed by atoms with van der Waals surface area (Å²) in [5.41, 5.74) is 1.10. The molecule has 1 saturated heterocycles. The molecule has 1 aromatic carbocycles. The highest BCUT2D eigenvalue weighted by molar-refractivity contribution is 5.32. The van der Waals surface area contributed by atoms with Crippen LogP contribution in [0.3, 0.4) is 0 Å². The molecule has 19 heavy (non-hydrogen) atoms. The summed E-state index contributed by atoms with van der Waals surface area (Å²) in [5, 5.41) is 13.8. The third kappa shape index (κ3) is 3.99. The van der Waals surface area contributed by atoms with Crippen LogP contribution in [0, 0.1) is 10.1 Å². The molecule has 1 N–H and O–H groups in total. The Bertz CT molecular complexity index is 434. The molecular formula is C13H18N2O4. The van der Waals surface area contributed by atoms with Gasteiger partial charge >= 0.3 is 0 Å². The van der Waals surface area contributed by atoms with E-state index in [4.69, 9.17) is 9.47 Å². The summed E-state index contributed by atoms with van der Waals surface area (Å²) >= 11 is 0. The Labute approximate surface area is 111 Å². The fourth-order valence-electron chi connectivity index (χ4n) is 1.81. The van der Waals surface area contributed by atoms with Gasteiger partial charge in [0.2, 0.25) is 0 Å². The van der Waals surface area contributed by atoms with E-state index in [1.807, 2.05) is 13.8 Å². The SMILES string of the molecule is CC1(C)OCC(NCc2ccc([N+](=O)[O-])cc2)CO1. The van der Waals surface area contributed by atoms with E-state index in [0.717, 1.165) is 5.56 Å². The summed E-state index contributed by atoms with van der Waals surface area (Å²) in [5.74, 6) is -0.508. The van der Waals surface area contributed by atoms with Crippen LogP contribution in [-0.4, -0.2) is 30.0 Å². The first-order chi connectivity index (χ1) is 8.96. The molecule has 0 aromatic heterocycles. The fourth-order valence-corrected chi connectivity index (χ4v) is 1.81. The summed E-state index contributed by atoms with van der Waals surface area (Å²) in [7, 11) is 0. The monoisotopic (exact) mass is 266 g/mol. The average Bonchev–Trinajstić information content (AvgIpc) is 2.38. The number of non-ortho nitro benzene ring substituents is 1. The Hall–Kier alpha value is -1.50. The van der Waals surface area contributed by atoms with Crippen molar-refractivity contribution in [2.45, 2.75) is 32.2 Å². The van der Waals surface area contributed by atoms with E-state index in [1.165, 1.54) is 12.1 Å². The number of rotatable bonds is 4. The topological polar surface area (TPSA) is 73.6 Å². The summed E-state index contributed by atoms with van der Waals surface area (Å²) in [6, 6.07) is 6.66. The van der Waals surface area contributed by atoms with Crippen molar-refractivity contribution in [3.8, 4) is 0 Å². The van der Waals surface area contributed by atoms with E-state index in [0.29, 0.717) is 19.8 Å². The third-order valence-electron chi connectivity index (χ3n) is 3.01. The lowest BCUT2D eigenvalue weighted by Gasteiger charge is -2.35. The Morgan fingerprint density at radius 2 is 1.89 bits per heavy atom. The fraction of sp³-hybridized carbons (Fsp3) is 0.538. The van der Waals surface area contributed by atoms with Gasteiger partial charge in [0, 0.05) is 18.7 Å². The van der Waals surface area contributed by atoms with Gasteiger partial charge in [-0.2, -0.15) is 0 Å². The number of nitrogens with zero attached hydrogens (tertiary/aromatic N) is 1. The molecule has 1 aliphatic rings. The predicted molar refractivity (Wildman–Crippen MR) is 69.7 cm³/mol. The maximum atomic E-state index is 10.5. The molecule has 0 amide bonds. The van der Waals surface area contributed by atoms with Gasteiger partial charge in [-0.25, -0.2) is 0 Å². The minimum atomic E-state index is -0.508. The van der Waals surface area contributed by atoms with Gasteiger partial charge in [0.25, 0.3) is 5.69 Å². The molecular weight excluding hydrogens is 248 g/mol. The van der Waals surface area contributed by atoms with Crippen LogP contribution in [0.15, 0.2) is 24.3 Å². The highest BCUT2D eigenvalue weighted by atomic mass is 16.7. The molecule has 0 spiro atoms. The van der Waals surface area contributed by atoms with Crippen molar-refractivity contribution >= 4 is 5.69 Å². The van der Waals surface area contributed by atoms with Crippen molar-refractivity contribution in [2.24, 2.45) is 0 Å². The lowest BCUT2D eigenvalue weighted by Crippen LogP contribution is -2.48. The second kappa shape index (κ2) is 5.64. The van der Waals surface area contributed by atoms with Crippen molar-refractivity contribution < 1.29 is 14.4 Å². The lowest BCUT2D eigenvalue weighted by atomic mass is 10.2. The van der Waals surface area contributed by atoms with Crippen molar-refractivity contribution in [3.05, 3.63) is 39.9 Å². The Morgan fingerprint density at radius 3 is 2.42 bits per heavy atom. The quantitative estimate of drug-likeness (QED) is 0.665. The summed E-state index contributed by atoms with van der Waals surface area (Å²) in [6.07, 6.45) is 0. The van der Waals surface area contributed by atoms with Gasteiger partial charge in [0.05, 0.1) is 24.2 Å². The van der Waals surface area contributed by atoms with Crippen LogP contribution in [-0.2, 0) is 16.0 Å². The van der Waals surface area contributed by atoms with Crippen molar-refractivity contribution in [1.82, 2.24) is 5.32 Å². The molecule has 0 saturated carbocycles. The predicted octanol–water partition coefficient (Wildman–Crippen LogP) is 1.84. The maximum absolute atomic E-state index is 10.5. The third-order valence-corrected chi connectivity index (χ3v) is 3.01. The normalized spacial score (nSPS) is 19.3. The molecule has 1 fully saturated rings. The van der Waals surface area contributed by atoms with Crippen LogP contribution >= 0.6 is 0 Å². The molecule has 6 heteroatoms. The summed E-state index contributed by atoms with van der Waals surface area (Å²) < 4.78 is 11.1. The zero-order chi connectivity index (χ0) is 13.9. The molecule has 0 atom stereocenters. The number of nitro benzene ring substituents is 1. The Morgan fingerprint density at radius 1 is 1.32 bits per heavy atom. The molecule has 1 aromatic rings. The Kier molecular flexibility index (Phi) is 4.14. The minimum Gasteiger partial charge on any atom is -0.349 e. The zero-order valence-corrected chi connectivity index (χ0v) is 11.1. The van der Waals surface area contributed by atoms with Gasteiger partial charge < -0.3 is 14.8 Å². The second-order valence-electron chi connectivity index (χ2n) is 5.02. The van der Waals surface area contributed by atoms with Gasteiger partial charge in [0.15, 0.2) is 5.79 Å². The van der Waals surface area contributed by atoms with E-state index >= 15 is 0 Å². The summed E-state index contributed by atoms with van der Waals surface area (Å²) in [6.45, 7) is 5.61. The smallest absolute Gasteiger partial charge is 0.269 e. The molecule has 0 aliphatic carbocycles. The van der Waals surface area contributed by atoms with E-state index < -0.39 is 10.7 Å². The molecule has 6 nitrogen and oxygen atoms in total. The number of nitrogens with one attached hydrogen (secondary N) is 1. The number of hydrogen-bond donors (Lipinski definition) is 1. The van der Waals surface area contributed by atoms with Gasteiger partial charge in [-0.15, -0.1) is 0 Å². The van der Waals surface area contributed by atoms with Crippen LogP contribution in [0.4, 0.5) is 5.69 Å². The first kappa shape index (κ1) is 13.9. The second-order valence-corrected chi connectivity index (χ2v) is 5.02. The van der Waals surface area contributed by atoms with E-state index in [2.05, 4.69) is 5.32 Å². The van der Waals surface area contributed by atoms with Gasteiger partial charge in [-0.1, -0.05) is 12.1 Å². The van der Waals surface area contributed by atoms with Crippen LogP contribution < -0.4 is 5.32 Å². The highest BCUT2D eigenvalue weighted by Gasteiger charge is 2.27. The van der Waals surface area contributed by atoms with Crippen molar-refractivity contribution in [3.63, 3.8) is 0 Å². The molecule has 0 unspecified atom stereocenters. The van der Waals surface area contributed by atoms with Crippen LogP contribution in [0.25, 0.3) is 0 Å². The molecule has 0 bridgehead atoms. The van der Waals surface area contributed by atoms with Gasteiger partial charge in [-0.3, -0.25) is 10.1 Å². The number of ether oxygens (including phenoxy) is 2. The van der Waals surface area contributed by atoms with E-state index in [-0.39, 0.29) is 11.7 Å².